The Balaban J connectivity index is 1.59. The van der Waals surface area contributed by atoms with E-state index in [2.05, 4.69) is 10.2 Å². The van der Waals surface area contributed by atoms with Gasteiger partial charge >= 0.3 is 0 Å². The van der Waals surface area contributed by atoms with E-state index < -0.39 is 0 Å². The fourth-order valence-corrected chi connectivity index (χ4v) is 3.28. The first-order valence-electron chi connectivity index (χ1n) is 7.34. The van der Waals surface area contributed by atoms with Crippen molar-refractivity contribution in [2.24, 2.45) is 5.92 Å². The van der Waals surface area contributed by atoms with Gasteiger partial charge in [0.05, 0.1) is 16.0 Å². The third kappa shape index (κ3) is 3.28. The van der Waals surface area contributed by atoms with Crippen LogP contribution >= 0.6 is 23.2 Å². The monoisotopic (exact) mass is 327 g/mol. The molecular formula is C15H19Cl2N3O. The molecule has 0 radical (unpaired) electrons. The molecule has 3 rings (SSSR count). The third-order valence-electron chi connectivity index (χ3n) is 4.27. The Morgan fingerprint density at radius 1 is 1.14 bits per heavy atom. The lowest BCUT2D eigenvalue weighted by Gasteiger charge is -2.37. The molecule has 0 aromatic heterocycles. The van der Waals surface area contributed by atoms with Crippen LogP contribution in [0.1, 0.15) is 6.42 Å². The lowest BCUT2D eigenvalue weighted by Crippen LogP contribution is -2.50. The Labute approximate surface area is 135 Å². The van der Waals surface area contributed by atoms with E-state index in [0.29, 0.717) is 16.0 Å². The summed E-state index contributed by atoms with van der Waals surface area (Å²) < 4.78 is 0. The minimum Gasteiger partial charge on any atom is -0.368 e. The van der Waals surface area contributed by atoms with Crippen LogP contribution in [0.5, 0.6) is 0 Å². The van der Waals surface area contributed by atoms with E-state index >= 15 is 0 Å². The highest BCUT2D eigenvalue weighted by molar-refractivity contribution is 6.42. The van der Waals surface area contributed by atoms with Crippen molar-refractivity contribution in [2.45, 2.75) is 6.42 Å². The van der Waals surface area contributed by atoms with Crippen LogP contribution in [-0.2, 0) is 4.79 Å². The van der Waals surface area contributed by atoms with E-state index in [1.54, 1.807) is 0 Å². The van der Waals surface area contributed by atoms with Gasteiger partial charge in [-0.3, -0.25) is 4.79 Å². The van der Waals surface area contributed by atoms with Gasteiger partial charge in [-0.05, 0) is 31.2 Å². The minimum absolute atomic E-state index is 0.168. The van der Waals surface area contributed by atoms with Crippen molar-refractivity contribution in [3.8, 4) is 0 Å². The number of carbonyl (C=O) groups is 1. The molecule has 2 heterocycles. The number of nitrogens with one attached hydrogen (secondary N) is 1. The summed E-state index contributed by atoms with van der Waals surface area (Å²) in [6.07, 6.45) is 0.964. The predicted molar refractivity (Wildman–Crippen MR) is 86.2 cm³/mol. The quantitative estimate of drug-likeness (QED) is 0.905. The number of carbonyl (C=O) groups excluding carboxylic acids is 1. The van der Waals surface area contributed by atoms with Gasteiger partial charge in [-0.25, -0.2) is 0 Å². The van der Waals surface area contributed by atoms with Crippen LogP contribution in [-0.4, -0.2) is 50.1 Å². The second-order valence-electron chi connectivity index (χ2n) is 5.60. The number of anilines is 1. The van der Waals surface area contributed by atoms with Gasteiger partial charge in [0.2, 0.25) is 5.91 Å². The lowest BCUT2D eigenvalue weighted by molar-refractivity contribution is -0.135. The summed E-state index contributed by atoms with van der Waals surface area (Å²) in [7, 11) is 0. The molecule has 2 aliphatic heterocycles. The molecule has 0 aliphatic carbocycles. The molecule has 0 bridgehead atoms. The minimum atomic E-state index is 0.168. The summed E-state index contributed by atoms with van der Waals surface area (Å²) in [6.45, 7) is 5.00. The first-order chi connectivity index (χ1) is 10.1. The van der Waals surface area contributed by atoms with Crippen molar-refractivity contribution in [1.82, 2.24) is 10.2 Å². The average molecular weight is 328 g/mol. The molecule has 1 N–H and O–H groups in total. The molecule has 4 nitrogen and oxygen atoms in total. The van der Waals surface area contributed by atoms with Crippen LogP contribution in [0.3, 0.4) is 0 Å². The van der Waals surface area contributed by atoms with E-state index in [0.717, 1.165) is 51.4 Å². The van der Waals surface area contributed by atoms with Gasteiger partial charge in [0.25, 0.3) is 0 Å². The summed E-state index contributed by atoms with van der Waals surface area (Å²) in [4.78, 5) is 16.6. The van der Waals surface area contributed by atoms with Crippen molar-refractivity contribution in [1.29, 1.82) is 0 Å². The molecule has 0 spiro atoms. The number of amides is 1. The van der Waals surface area contributed by atoms with Crippen LogP contribution in [0, 0.1) is 5.92 Å². The first kappa shape index (κ1) is 14.9. The van der Waals surface area contributed by atoms with Crippen molar-refractivity contribution in [2.75, 3.05) is 44.2 Å². The molecule has 114 valence electrons. The zero-order chi connectivity index (χ0) is 14.8. The number of halogens is 2. The summed E-state index contributed by atoms with van der Waals surface area (Å²) in [5.41, 5.74) is 1.07. The van der Waals surface area contributed by atoms with Crippen LogP contribution in [0.15, 0.2) is 18.2 Å². The summed E-state index contributed by atoms with van der Waals surface area (Å²) in [6, 6.07) is 5.69. The normalized spacial score (nSPS) is 22.7. The molecule has 6 heteroatoms. The Bertz CT molecular complexity index is 524. The molecule has 0 saturated carbocycles. The Morgan fingerprint density at radius 3 is 2.52 bits per heavy atom. The third-order valence-corrected chi connectivity index (χ3v) is 5.01. The summed E-state index contributed by atoms with van der Waals surface area (Å²) in [5, 5.41) is 4.40. The van der Waals surface area contributed by atoms with E-state index in [4.69, 9.17) is 23.2 Å². The number of nitrogens with zero attached hydrogens (tertiary/aromatic N) is 2. The van der Waals surface area contributed by atoms with Crippen molar-refractivity contribution >= 4 is 34.8 Å². The maximum Gasteiger partial charge on any atom is 0.227 e. The van der Waals surface area contributed by atoms with Crippen molar-refractivity contribution in [3.63, 3.8) is 0 Å². The number of benzene rings is 1. The highest BCUT2D eigenvalue weighted by atomic mass is 35.5. The number of rotatable bonds is 2. The molecule has 1 atom stereocenters. The summed E-state index contributed by atoms with van der Waals surface area (Å²) in [5.74, 6) is 0.468. The molecule has 2 fully saturated rings. The lowest BCUT2D eigenvalue weighted by atomic mass is 10.1. The van der Waals surface area contributed by atoms with Crippen LogP contribution in [0.25, 0.3) is 0 Å². The highest BCUT2D eigenvalue weighted by Gasteiger charge is 2.29. The standard InChI is InChI=1S/C15H19Cl2N3O/c16-13-2-1-12(9-14(13)17)19-5-7-20(8-6-19)15(21)11-3-4-18-10-11/h1-2,9,11,18H,3-8,10H2. The Hall–Kier alpha value is -0.970. The zero-order valence-corrected chi connectivity index (χ0v) is 13.3. The smallest absolute Gasteiger partial charge is 0.227 e. The number of piperazine rings is 1. The topological polar surface area (TPSA) is 35.6 Å². The van der Waals surface area contributed by atoms with Gasteiger partial charge in [-0.2, -0.15) is 0 Å². The molecule has 1 amide bonds. The van der Waals surface area contributed by atoms with E-state index in [-0.39, 0.29) is 5.92 Å². The van der Waals surface area contributed by atoms with Gasteiger partial charge in [0, 0.05) is 38.4 Å². The van der Waals surface area contributed by atoms with E-state index in [9.17, 15) is 4.79 Å². The second kappa shape index (κ2) is 6.42. The number of hydrogen-bond donors (Lipinski definition) is 1. The van der Waals surface area contributed by atoms with Crippen LogP contribution in [0.2, 0.25) is 10.0 Å². The van der Waals surface area contributed by atoms with E-state index in [1.165, 1.54) is 0 Å². The van der Waals surface area contributed by atoms with Gasteiger partial charge < -0.3 is 15.1 Å². The first-order valence-corrected chi connectivity index (χ1v) is 8.10. The van der Waals surface area contributed by atoms with Gasteiger partial charge in [0.15, 0.2) is 0 Å². The maximum absolute atomic E-state index is 12.4. The summed E-state index contributed by atoms with van der Waals surface area (Å²) >= 11 is 12.0. The van der Waals surface area contributed by atoms with Gasteiger partial charge in [0.1, 0.15) is 0 Å². The molecular weight excluding hydrogens is 309 g/mol. The molecule has 21 heavy (non-hydrogen) atoms. The van der Waals surface area contributed by atoms with Crippen LogP contribution in [0.4, 0.5) is 5.69 Å². The van der Waals surface area contributed by atoms with Gasteiger partial charge in [-0.15, -0.1) is 0 Å². The molecule has 2 saturated heterocycles. The molecule has 2 aliphatic rings. The Kier molecular flexibility index (Phi) is 4.57. The van der Waals surface area contributed by atoms with E-state index in [1.807, 2.05) is 23.1 Å². The SMILES string of the molecule is O=C(C1CCNC1)N1CCN(c2ccc(Cl)c(Cl)c2)CC1. The maximum atomic E-state index is 12.4. The molecule has 1 aromatic rings. The Morgan fingerprint density at radius 2 is 1.90 bits per heavy atom. The second-order valence-corrected chi connectivity index (χ2v) is 6.41. The predicted octanol–water partition coefficient (Wildman–Crippen LogP) is 2.25. The average Bonchev–Trinajstić information content (AvgIpc) is 3.04. The van der Waals surface area contributed by atoms with Crippen LogP contribution < -0.4 is 10.2 Å². The molecule has 1 unspecified atom stereocenters. The fourth-order valence-electron chi connectivity index (χ4n) is 2.99. The number of hydrogen-bond acceptors (Lipinski definition) is 3. The van der Waals surface area contributed by atoms with Crippen molar-refractivity contribution in [3.05, 3.63) is 28.2 Å². The highest BCUT2D eigenvalue weighted by Crippen LogP contribution is 2.28. The molecule has 1 aromatic carbocycles. The largest absolute Gasteiger partial charge is 0.368 e. The van der Waals surface area contributed by atoms with Gasteiger partial charge in [-0.1, -0.05) is 23.2 Å². The fraction of sp³-hybridized carbons (Fsp3) is 0.533. The zero-order valence-electron chi connectivity index (χ0n) is 11.8. The van der Waals surface area contributed by atoms with Crippen molar-refractivity contribution < 1.29 is 4.79 Å².